The van der Waals surface area contributed by atoms with E-state index in [-0.39, 0.29) is 5.54 Å². The molecule has 2 nitrogen and oxygen atoms in total. The molecule has 0 aromatic heterocycles. The minimum absolute atomic E-state index is 0.169. The van der Waals surface area contributed by atoms with Crippen LogP contribution < -0.4 is 5.73 Å². The highest BCUT2D eigenvalue weighted by atomic mass is 16.3. The van der Waals surface area contributed by atoms with Crippen LogP contribution in [-0.2, 0) is 12.8 Å². The van der Waals surface area contributed by atoms with E-state index in [9.17, 15) is 5.11 Å². The zero-order chi connectivity index (χ0) is 12.4. The van der Waals surface area contributed by atoms with Crippen molar-refractivity contribution in [3.05, 3.63) is 35.4 Å². The molecule has 0 amide bonds. The summed E-state index contributed by atoms with van der Waals surface area (Å²) < 4.78 is 0. The molecule has 0 aliphatic heterocycles. The van der Waals surface area contributed by atoms with Crippen molar-refractivity contribution in [1.29, 1.82) is 0 Å². The normalized spacial score (nSPS) is 12.9. The molecule has 1 rings (SSSR count). The third-order valence-corrected chi connectivity index (χ3v) is 2.32. The van der Waals surface area contributed by atoms with Crippen LogP contribution in [0.3, 0.4) is 0 Å². The van der Waals surface area contributed by atoms with E-state index in [0.717, 1.165) is 12.0 Å². The highest BCUT2D eigenvalue weighted by Crippen LogP contribution is 2.15. The van der Waals surface area contributed by atoms with Crippen molar-refractivity contribution in [3.63, 3.8) is 0 Å². The highest BCUT2D eigenvalue weighted by Gasteiger charge is 2.14. The van der Waals surface area contributed by atoms with Crippen LogP contribution in [0.4, 0.5) is 0 Å². The molecular weight excluding hydrogens is 198 g/mol. The zero-order valence-corrected chi connectivity index (χ0v) is 10.7. The smallest absolute Gasteiger partial charge is 0.0631 e. The van der Waals surface area contributed by atoms with Crippen LogP contribution in [0.2, 0.25) is 0 Å². The van der Waals surface area contributed by atoms with Gasteiger partial charge in [0, 0.05) is 12.0 Å². The summed E-state index contributed by atoms with van der Waals surface area (Å²) in [5.74, 6) is 0. The molecule has 1 aromatic rings. The molecule has 0 spiro atoms. The minimum atomic E-state index is -0.644. The molecule has 0 fully saturated rings. The molecular formula is C14H23NO. The van der Waals surface area contributed by atoms with Crippen molar-refractivity contribution in [2.45, 2.75) is 51.7 Å². The third-order valence-electron chi connectivity index (χ3n) is 2.32. The van der Waals surface area contributed by atoms with Crippen molar-refractivity contribution in [3.8, 4) is 0 Å². The van der Waals surface area contributed by atoms with Crippen LogP contribution in [0, 0.1) is 0 Å². The third kappa shape index (κ3) is 5.29. The molecule has 3 N–H and O–H groups in total. The maximum absolute atomic E-state index is 9.71. The van der Waals surface area contributed by atoms with Gasteiger partial charge in [-0.2, -0.15) is 0 Å². The number of rotatable bonds is 4. The summed E-state index contributed by atoms with van der Waals surface area (Å²) in [4.78, 5) is 0. The lowest BCUT2D eigenvalue weighted by Crippen LogP contribution is -2.34. The maximum Gasteiger partial charge on any atom is 0.0631 e. The Balaban J connectivity index is 2.69. The summed E-state index contributed by atoms with van der Waals surface area (Å²) >= 11 is 0. The summed E-state index contributed by atoms with van der Waals surface area (Å²) in [7, 11) is 0. The van der Waals surface area contributed by atoms with Crippen molar-refractivity contribution in [1.82, 2.24) is 0 Å². The SMILES string of the molecule is CC(C)(N)Cc1ccc(CC(C)(C)O)cc1. The van der Waals surface area contributed by atoms with Gasteiger partial charge in [-0.3, -0.25) is 0 Å². The van der Waals surface area contributed by atoms with Gasteiger partial charge in [-0.05, 0) is 45.2 Å². The first-order chi connectivity index (χ1) is 7.16. The molecule has 0 atom stereocenters. The van der Waals surface area contributed by atoms with E-state index < -0.39 is 5.60 Å². The Morgan fingerprint density at radius 3 is 1.62 bits per heavy atom. The lowest BCUT2D eigenvalue weighted by Gasteiger charge is -2.20. The predicted molar refractivity (Wildman–Crippen MR) is 68.4 cm³/mol. The number of hydrogen-bond donors (Lipinski definition) is 2. The lowest BCUT2D eigenvalue weighted by atomic mass is 9.93. The lowest BCUT2D eigenvalue weighted by molar-refractivity contribution is 0.0810. The Bertz CT molecular complexity index is 292. The van der Waals surface area contributed by atoms with Crippen LogP contribution in [-0.4, -0.2) is 16.2 Å². The Hall–Kier alpha value is -0.860. The molecule has 1 aromatic carbocycles. The van der Waals surface area contributed by atoms with Gasteiger partial charge in [0.2, 0.25) is 0 Å². The minimum Gasteiger partial charge on any atom is -0.390 e. The molecule has 90 valence electrons. The van der Waals surface area contributed by atoms with Gasteiger partial charge in [-0.25, -0.2) is 0 Å². The van der Waals surface area contributed by atoms with Gasteiger partial charge in [0.1, 0.15) is 0 Å². The van der Waals surface area contributed by atoms with E-state index in [1.54, 1.807) is 0 Å². The van der Waals surface area contributed by atoms with Gasteiger partial charge in [0.15, 0.2) is 0 Å². The summed E-state index contributed by atoms with van der Waals surface area (Å²) in [5, 5.41) is 9.71. The quantitative estimate of drug-likeness (QED) is 0.819. The zero-order valence-electron chi connectivity index (χ0n) is 10.7. The van der Waals surface area contributed by atoms with Gasteiger partial charge in [0.25, 0.3) is 0 Å². The molecule has 0 radical (unpaired) electrons. The second-order valence-electron chi connectivity index (χ2n) is 5.97. The van der Waals surface area contributed by atoms with E-state index in [4.69, 9.17) is 5.73 Å². The van der Waals surface area contributed by atoms with Crippen molar-refractivity contribution < 1.29 is 5.11 Å². The molecule has 2 heteroatoms. The molecule has 0 aliphatic carbocycles. The van der Waals surface area contributed by atoms with Crippen LogP contribution in [0.25, 0.3) is 0 Å². The Morgan fingerprint density at radius 2 is 1.31 bits per heavy atom. The largest absolute Gasteiger partial charge is 0.390 e. The van der Waals surface area contributed by atoms with E-state index in [2.05, 4.69) is 24.3 Å². The number of hydrogen-bond acceptors (Lipinski definition) is 2. The Kier molecular flexibility index (Phi) is 3.76. The Labute approximate surface area is 98.5 Å². The first kappa shape index (κ1) is 13.2. The Morgan fingerprint density at radius 1 is 0.938 bits per heavy atom. The topological polar surface area (TPSA) is 46.2 Å². The average Bonchev–Trinajstić information content (AvgIpc) is 2.03. The summed E-state index contributed by atoms with van der Waals surface area (Å²) in [6.07, 6.45) is 1.55. The van der Waals surface area contributed by atoms with Gasteiger partial charge >= 0.3 is 0 Å². The fourth-order valence-electron chi connectivity index (χ4n) is 1.80. The molecule has 0 unspecified atom stereocenters. The predicted octanol–water partition coefficient (Wildman–Crippen LogP) is 2.28. The second-order valence-corrected chi connectivity index (χ2v) is 5.97. The van der Waals surface area contributed by atoms with Crippen LogP contribution >= 0.6 is 0 Å². The standard InChI is InChI=1S/C14H23NO/c1-13(2,15)9-11-5-7-12(8-6-11)10-14(3,4)16/h5-8,16H,9-10,15H2,1-4H3. The summed E-state index contributed by atoms with van der Waals surface area (Å²) in [5.41, 5.74) is 7.56. The number of nitrogens with two attached hydrogens (primary N) is 1. The highest BCUT2D eigenvalue weighted by molar-refractivity contribution is 5.24. The molecule has 0 aliphatic rings. The molecule has 0 heterocycles. The summed E-state index contributed by atoms with van der Waals surface area (Å²) in [6, 6.07) is 8.32. The van der Waals surface area contributed by atoms with Gasteiger partial charge in [-0.1, -0.05) is 24.3 Å². The van der Waals surface area contributed by atoms with E-state index >= 15 is 0 Å². The first-order valence-corrected chi connectivity index (χ1v) is 5.75. The van der Waals surface area contributed by atoms with Gasteiger partial charge in [-0.15, -0.1) is 0 Å². The van der Waals surface area contributed by atoms with Crippen molar-refractivity contribution in [2.24, 2.45) is 5.73 Å². The average molecular weight is 221 g/mol. The number of aliphatic hydroxyl groups is 1. The molecule has 0 saturated heterocycles. The van der Waals surface area contributed by atoms with Crippen LogP contribution in [0.1, 0.15) is 38.8 Å². The first-order valence-electron chi connectivity index (χ1n) is 5.75. The number of benzene rings is 1. The van der Waals surface area contributed by atoms with Gasteiger partial charge < -0.3 is 10.8 Å². The molecule has 16 heavy (non-hydrogen) atoms. The van der Waals surface area contributed by atoms with Crippen LogP contribution in [0.15, 0.2) is 24.3 Å². The van der Waals surface area contributed by atoms with E-state index in [1.807, 2.05) is 27.7 Å². The van der Waals surface area contributed by atoms with Crippen molar-refractivity contribution >= 4 is 0 Å². The monoisotopic (exact) mass is 221 g/mol. The molecule has 0 bridgehead atoms. The molecule has 0 saturated carbocycles. The van der Waals surface area contributed by atoms with Crippen LogP contribution in [0.5, 0.6) is 0 Å². The second kappa shape index (κ2) is 4.56. The van der Waals surface area contributed by atoms with Crippen molar-refractivity contribution in [2.75, 3.05) is 0 Å². The summed E-state index contributed by atoms with van der Waals surface area (Å²) in [6.45, 7) is 7.70. The fraction of sp³-hybridized carbons (Fsp3) is 0.571. The van der Waals surface area contributed by atoms with E-state index in [0.29, 0.717) is 6.42 Å². The van der Waals surface area contributed by atoms with E-state index in [1.165, 1.54) is 5.56 Å². The van der Waals surface area contributed by atoms with Gasteiger partial charge in [0.05, 0.1) is 5.60 Å². The fourth-order valence-corrected chi connectivity index (χ4v) is 1.80. The maximum atomic E-state index is 9.71.